The molecule has 1 N–H and O–H groups in total. The number of nitrogens with zero attached hydrogens (tertiary/aromatic N) is 2. The summed E-state index contributed by atoms with van der Waals surface area (Å²) in [4.78, 5) is 18.2. The molecule has 116 valence electrons. The normalized spacial score (nSPS) is 18.7. The predicted octanol–water partition coefficient (Wildman–Crippen LogP) is 2.41. The van der Waals surface area contributed by atoms with Crippen LogP contribution in [-0.2, 0) is 16.1 Å². The van der Waals surface area contributed by atoms with E-state index in [1.165, 1.54) is 6.92 Å². The molecule has 0 spiro atoms. The maximum Gasteiger partial charge on any atom is 0.221 e. The van der Waals surface area contributed by atoms with Gasteiger partial charge in [0.25, 0.3) is 0 Å². The third kappa shape index (κ3) is 3.43. The van der Waals surface area contributed by atoms with Gasteiger partial charge in [0.15, 0.2) is 0 Å². The molecule has 0 saturated carbocycles. The summed E-state index contributed by atoms with van der Waals surface area (Å²) in [6.07, 6.45) is 1.44. The number of hydrogen-bond acceptors (Lipinski definition) is 4. The molecule has 5 heteroatoms. The van der Waals surface area contributed by atoms with Crippen LogP contribution < -0.4 is 5.32 Å². The zero-order valence-corrected chi connectivity index (χ0v) is 13.0. The van der Waals surface area contributed by atoms with Gasteiger partial charge in [-0.25, -0.2) is 0 Å². The molecule has 5 nitrogen and oxygen atoms in total. The highest BCUT2D eigenvalue weighted by Crippen LogP contribution is 2.20. The lowest BCUT2D eigenvalue weighted by Gasteiger charge is -2.15. The summed E-state index contributed by atoms with van der Waals surface area (Å²) >= 11 is 0. The van der Waals surface area contributed by atoms with Gasteiger partial charge >= 0.3 is 0 Å². The molecule has 1 aromatic heterocycles. The average molecular weight is 299 g/mol. The van der Waals surface area contributed by atoms with Crippen LogP contribution >= 0.6 is 0 Å². The first-order valence-electron chi connectivity index (χ1n) is 7.56. The Kier molecular flexibility index (Phi) is 4.36. The number of carbonyl (C=O) groups is 1. The first kappa shape index (κ1) is 14.9. The molecular weight excluding hydrogens is 278 g/mol. The van der Waals surface area contributed by atoms with E-state index in [4.69, 9.17) is 9.72 Å². The number of methoxy groups -OCH3 is 1. The molecule has 2 heterocycles. The second kappa shape index (κ2) is 6.42. The van der Waals surface area contributed by atoms with E-state index in [-0.39, 0.29) is 5.91 Å². The number of likely N-dealkylation sites (tertiary alicyclic amines) is 1. The van der Waals surface area contributed by atoms with Gasteiger partial charge in [0, 0.05) is 44.7 Å². The lowest BCUT2D eigenvalue weighted by molar-refractivity contribution is -0.114. The first-order valence-corrected chi connectivity index (χ1v) is 7.56. The monoisotopic (exact) mass is 299 g/mol. The summed E-state index contributed by atoms with van der Waals surface area (Å²) in [5.41, 5.74) is 2.82. The smallest absolute Gasteiger partial charge is 0.221 e. The SMILES string of the molecule is COC1CCN(Cc2ccc3cc(NC(C)=O)ccc3n2)C1. The molecule has 22 heavy (non-hydrogen) atoms. The maximum absolute atomic E-state index is 11.1. The van der Waals surface area contributed by atoms with Gasteiger partial charge in [-0.1, -0.05) is 6.07 Å². The molecule has 1 unspecified atom stereocenters. The third-order valence-corrected chi connectivity index (χ3v) is 4.02. The van der Waals surface area contributed by atoms with Crippen molar-refractivity contribution >= 4 is 22.5 Å². The number of nitrogens with one attached hydrogen (secondary N) is 1. The molecule has 1 aliphatic heterocycles. The fourth-order valence-electron chi connectivity index (χ4n) is 2.90. The van der Waals surface area contributed by atoms with E-state index in [1.807, 2.05) is 18.2 Å². The van der Waals surface area contributed by atoms with E-state index in [2.05, 4.69) is 22.3 Å². The van der Waals surface area contributed by atoms with Gasteiger partial charge in [0.05, 0.1) is 17.3 Å². The summed E-state index contributed by atoms with van der Waals surface area (Å²) in [6.45, 7) is 4.38. The molecule has 0 aliphatic carbocycles. The van der Waals surface area contributed by atoms with Gasteiger partial charge in [-0.3, -0.25) is 14.7 Å². The van der Waals surface area contributed by atoms with Crippen LogP contribution in [0.5, 0.6) is 0 Å². The van der Waals surface area contributed by atoms with Crippen molar-refractivity contribution in [2.75, 3.05) is 25.5 Å². The van der Waals surface area contributed by atoms with Crippen molar-refractivity contribution in [1.29, 1.82) is 0 Å². The second-order valence-corrected chi connectivity index (χ2v) is 5.77. The number of fused-ring (bicyclic) bond motifs is 1. The Morgan fingerprint density at radius 3 is 3.00 bits per heavy atom. The van der Waals surface area contributed by atoms with Crippen molar-refractivity contribution in [3.63, 3.8) is 0 Å². The maximum atomic E-state index is 11.1. The summed E-state index contributed by atoms with van der Waals surface area (Å²) in [7, 11) is 1.77. The molecule has 1 saturated heterocycles. The van der Waals surface area contributed by atoms with E-state index in [0.717, 1.165) is 48.3 Å². The van der Waals surface area contributed by atoms with E-state index >= 15 is 0 Å². The summed E-state index contributed by atoms with van der Waals surface area (Å²) in [6, 6.07) is 9.90. The Bertz CT molecular complexity index is 687. The number of pyridine rings is 1. The molecule has 0 radical (unpaired) electrons. The van der Waals surface area contributed by atoms with Gasteiger partial charge < -0.3 is 10.1 Å². The zero-order chi connectivity index (χ0) is 15.5. The Morgan fingerprint density at radius 2 is 2.27 bits per heavy atom. The number of amides is 1. The minimum Gasteiger partial charge on any atom is -0.380 e. The first-order chi connectivity index (χ1) is 10.6. The zero-order valence-electron chi connectivity index (χ0n) is 13.0. The molecule has 3 rings (SSSR count). The van der Waals surface area contributed by atoms with Crippen molar-refractivity contribution in [1.82, 2.24) is 9.88 Å². The van der Waals surface area contributed by atoms with Crippen LogP contribution in [0.15, 0.2) is 30.3 Å². The highest BCUT2D eigenvalue weighted by molar-refractivity contribution is 5.92. The van der Waals surface area contributed by atoms with Crippen LogP contribution in [-0.4, -0.2) is 42.1 Å². The van der Waals surface area contributed by atoms with E-state index < -0.39 is 0 Å². The molecule has 1 aliphatic rings. The van der Waals surface area contributed by atoms with Crippen LogP contribution in [0, 0.1) is 0 Å². The van der Waals surface area contributed by atoms with Gasteiger partial charge in [-0.05, 0) is 30.7 Å². The van der Waals surface area contributed by atoms with E-state index in [0.29, 0.717) is 6.10 Å². The fourth-order valence-corrected chi connectivity index (χ4v) is 2.90. The molecule has 1 aromatic carbocycles. The highest BCUT2D eigenvalue weighted by atomic mass is 16.5. The molecule has 2 aromatic rings. The van der Waals surface area contributed by atoms with Crippen molar-refractivity contribution < 1.29 is 9.53 Å². The number of aromatic nitrogens is 1. The quantitative estimate of drug-likeness (QED) is 0.942. The minimum absolute atomic E-state index is 0.0642. The number of rotatable bonds is 4. The minimum atomic E-state index is -0.0642. The van der Waals surface area contributed by atoms with Crippen molar-refractivity contribution in [2.45, 2.75) is 26.0 Å². The lowest BCUT2D eigenvalue weighted by atomic mass is 10.1. The predicted molar refractivity (Wildman–Crippen MR) is 86.7 cm³/mol. The number of carbonyl (C=O) groups excluding carboxylic acids is 1. The van der Waals surface area contributed by atoms with Gasteiger partial charge in [-0.2, -0.15) is 0 Å². The largest absolute Gasteiger partial charge is 0.380 e. The van der Waals surface area contributed by atoms with Crippen LogP contribution in [0.4, 0.5) is 5.69 Å². The lowest BCUT2D eigenvalue weighted by Crippen LogP contribution is -2.22. The summed E-state index contributed by atoms with van der Waals surface area (Å²) in [5, 5.41) is 3.83. The molecule has 1 amide bonds. The molecule has 1 fully saturated rings. The average Bonchev–Trinajstić information content (AvgIpc) is 2.94. The van der Waals surface area contributed by atoms with Crippen LogP contribution in [0.1, 0.15) is 19.0 Å². The van der Waals surface area contributed by atoms with Crippen molar-refractivity contribution in [3.05, 3.63) is 36.0 Å². The van der Waals surface area contributed by atoms with E-state index in [1.54, 1.807) is 7.11 Å². The van der Waals surface area contributed by atoms with Gasteiger partial charge in [0.1, 0.15) is 0 Å². The van der Waals surface area contributed by atoms with Crippen LogP contribution in [0.2, 0.25) is 0 Å². The van der Waals surface area contributed by atoms with Gasteiger partial charge in [0.2, 0.25) is 5.91 Å². The molecule has 0 bridgehead atoms. The summed E-state index contributed by atoms with van der Waals surface area (Å²) in [5.74, 6) is -0.0642. The standard InChI is InChI=1S/C17H21N3O2/c1-12(21)18-14-5-6-17-13(9-14)3-4-15(19-17)10-20-8-7-16(11-20)22-2/h3-6,9,16H,7-8,10-11H2,1-2H3,(H,18,21). The number of anilines is 1. The third-order valence-electron chi connectivity index (χ3n) is 4.02. The Hall–Kier alpha value is -1.98. The van der Waals surface area contributed by atoms with Gasteiger partial charge in [-0.15, -0.1) is 0 Å². The van der Waals surface area contributed by atoms with E-state index in [9.17, 15) is 4.79 Å². The Labute approximate surface area is 130 Å². The fraction of sp³-hybridized carbons (Fsp3) is 0.412. The number of ether oxygens (including phenoxy) is 1. The summed E-state index contributed by atoms with van der Waals surface area (Å²) < 4.78 is 5.40. The van der Waals surface area contributed by atoms with Crippen LogP contribution in [0.25, 0.3) is 10.9 Å². The Morgan fingerprint density at radius 1 is 1.41 bits per heavy atom. The number of benzene rings is 1. The van der Waals surface area contributed by atoms with Crippen LogP contribution in [0.3, 0.4) is 0 Å². The molecular formula is C17H21N3O2. The Balaban J connectivity index is 1.74. The highest BCUT2D eigenvalue weighted by Gasteiger charge is 2.22. The van der Waals surface area contributed by atoms with Crippen molar-refractivity contribution in [3.8, 4) is 0 Å². The second-order valence-electron chi connectivity index (χ2n) is 5.77. The molecule has 1 atom stereocenters. The topological polar surface area (TPSA) is 54.5 Å². The van der Waals surface area contributed by atoms with Crippen molar-refractivity contribution in [2.24, 2.45) is 0 Å². The number of hydrogen-bond donors (Lipinski definition) is 1.